The van der Waals surface area contributed by atoms with Gasteiger partial charge in [0, 0.05) is 11.8 Å². The van der Waals surface area contributed by atoms with Crippen LogP contribution < -0.4 is 5.32 Å². The van der Waals surface area contributed by atoms with E-state index in [1.54, 1.807) is 0 Å². The Kier molecular flexibility index (Phi) is 4.52. The lowest BCUT2D eigenvalue weighted by Gasteiger charge is -2.07. The van der Waals surface area contributed by atoms with Crippen molar-refractivity contribution in [2.75, 3.05) is 0 Å². The monoisotopic (exact) mass is 305 g/mol. The lowest BCUT2D eigenvalue weighted by atomic mass is 10.1. The topological polar surface area (TPSA) is 46.4 Å². The largest absolute Gasteiger partial charge is 0.345 e. The fourth-order valence-electron chi connectivity index (χ4n) is 2.48. The van der Waals surface area contributed by atoms with Crippen molar-refractivity contribution in [2.45, 2.75) is 19.9 Å². The molecular weight excluding hydrogens is 286 g/mol. The van der Waals surface area contributed by atoms with E-state index in [4.69, 9.17) is 0 Å². The van der Waals surface area contributed by atoms with Gasteiger partial charge in [0.15, 0.2) is 0 Å². The molecule has 0 unspecified atom stereocenters. The summed E-state index contributed by atoms with van der Waals surface area (Å²) in [6, 6.07) is 15.8. The van der Waals surface area contributed by atoms with Crippen molar-refractivity contribution in [3.8, 4) is 0 Å². The molecule has 0 aliphatic heterocycles. The third-order valence-corrected chi connectivity index (χ3v) is 3.74. The Morgan fingerprint density at radius 1 is 1.17 bits per heavy atom. The van der Waals surface area contributed by atoms with Gasteiger partial charge in [0.1, 0.15) is 5.82 Å². The fraction of sp³-hybridized carbons (Fsp3) is 0.158. The number of rotatable bonds is 5. The number of fused-ring (bicyclic) bond motifs is 1. The van der Waals surface area contributed by atoms with Crippen LogP contribution in [0.5, 0.6) is 0 Å². The van der Waals surface area contributed by atoms with E-state index in [-0.39, 0.29) is 5.91 Å². The van der Waals surface area contributed by atoms with E-state index in [2.05, 4.69) is 10.3 Å². The van der Waals surface area contributed by atoms with Crippen molar-refractivity contribution in [3.05, 3.63) is 77.9 Å². The predicted octanol–water partition coefficient (Wildman–Crippen LogP) is 3.44. The third-order valence-electron chi connectivity index (χ3n) is 3.74. The Hall–Kier alpha value is -2.88. The van der Waals surface area contributed by atoms with Gasteiger partial charge in [-0.15, -0.1) is 0 Å². The van der Waals surface area contributed by atoms with Crippen LogP contribution >= 0.6 is 0 Å². The lowest BCUT2D eigenvalue weighted by Crippen LogP contribution is -2.25. The molecule has 23 heavy (non-hydrogen) atoms. The second kappa shape index (κ2) is 6.92. The van der Waals surface area contributed by atoms with E-state index in [9.17, 15) is 4.79 Å². The van der Waals surface area contributed by atoms with Gasteiger partial charge >= 0.3 is 0 Å². The third kappa shape index (κ3) is 3.48. The predicted molar refractivity (Wildman–Crippen MR) is 91.7 cm³/mol. The van der Waals surface area contributed by atoms with Gasteiger partial charge in [-0.1, -0.05) is 43.3 Å². The minimum Gasteiger partial charge on any atom is -0.345 e. The van der Waals surface area contributed by atoms with Crippen LogP contribution in [0.2, 0.25) is 0 Å². The second-order valence-corrected chi connectivity index (χ2v) is 5.29. The van der Waals surface area contributed by atoms with Crippen molar-refractivity contribution in [2.24, 2.45) is 0 Å². The summed E-state index contributed by atoms with van der Waals surface area (Å²) >= 11 is 0. The number of pyridine rings is 1. The van der Waals surface area contributed by atoms with Gasteiger partial charge in [-0.25, -0.2) is 4.98 Å². The Bertz CT molecular complexity index is 834. The van der Waals surface area contributed by atoms with Gasteiger partial charge in [0.2, 0.25) is 5.91 Å². The first kappa shape index (κ1) is 15.0. The molecule has 0 radical (unpaired) electrons. The Balaban J connectivity index is 1.72. The van der Waals surface area contributed by atoms with E-state index in [1.165, 1.54) is 0 Å². The molecule has 0 aliphatic rings. The van der Waals surface area contributed by atoms with Crippen LogP contribution in [-0.4, -0.2) is 15.3 Å². The maximum Gasteiger partial charge on any atom is 0.247 e. The first-order chi connectivity index (χ1) is 11.3. The van der Waals surface area contributed by atoms with E-state index in [1.807, 2.05) is 78.3 Å². The van der Waals surface area contributed by atoms with Gasteiger partial charge in [0.25, 0.3) is 0 Å². The summed E-state index contributed by atoms with van der Waals surface area (Å²) in [4.78, 5) is 16.8. The Morgan fingerprint density at radius 2 is 1.96 bits per heavy atom. The van der Waals surface area contributed by atoms with Crippen molar-refractivity contribution < 1.29 is 4.79 Å². The summed E-state index contributed by atoms with van der Waals surface area (Å²) in [5, 5.41) is 2.96. The molecule has 0 saturated heterocycles. The number of carbonyl (C=O) groups excluding carboxylic acids is 1. The zero-order valence-electron chi connectivity index (χ0n) is 13.1. The van der Waals surface area contributed by atoms with E-state index < -0.39 is 0 Å². The number of nitrogens with zero attached hydrogens (tertiary/aromatic N) is 2. The highest BCUT2D eigenvalue weighted by atomic mass is 16.1. The Morgan fingerprint density at radius 3 is 2.74 bits per heavy atom. The van der Waals surface area contributed by atoms with Crippen LogP contribution in [0.15, 0.2) is 66.5 Å². The second-order valence-electron chi connectivity index (χ2n) is 5.29. The van der Waals surface area contributed by atoms with Crippen LogP contribution in [0.3, 0.4) is 0 Å². The number of imidazole rings is 1. The average Bonchev–Trinajstić information content (AvgIpc) is 3.01. The molecule has 4 nitrogen and oxygen atoms in total. The van der Waals surface area contributed by atoms with Crippen molar-refractivity contribution in [1.82, 2.24) is 14.7 Å². The molecule has 0 bridgehead atoms. The molecule has 3 rings (SSSR count). The van der Waals surface area contributed by atoms with E-state index in [0.29, 0.717) is 13.0 Å². The number of hydrogen-bond donors (Lipinski definition) is 1. The van der Waals surface area contributed by atoms with E-state index >= 15 is 0 Å². The summed E-state index contributed by atoms with van der Waals surface area (Å²) in [6.07, 6.45) is 6.37. The smallest absolute Gasteiger partial charge is 0.247 e. The highest BCUT2D eigenvalue weighted by molar-refractivity contribution is 5.97. The molecule has 116 valence electrons. The van der Waals surface area contributed by atoms with Crippen LogP contribution in [0, 0.1) is 0 Å². The van der Waals surface area contributed by atoms with E-state index in [0.717, 1.165) is 22.5 Å². The summed E-state index contributed by atoms with van der Waals surface area (Å²) in [7, 11) is 0. The zero-order chi connectivity index (χ0) is 16.1. The number of nitrogens with one attached hydrogen (secondary N) is 1. The summed E-state index contributed by atoms with van der Waals surface area (Å²) in [6.45, 7) is 2.39. The molecule has 0 spiro atoms. The Labute approximate surface area is 135 Å². The van der Waals surface area contributed by atoms with Gasteiger partial charge in [-0.05, 0) is 30.2 Å². The molecule has 0 aliphatic carbocycles. The molecule has 0 saturated carbocycles. The number of hydrogen-bond acceptors (Lipinski definition) is 2. The van der Waals surface area contributed by atoms with Gasteiger partial charge in [-0.2, -0.15) is 0 Å². The SMILES string of the molecule is CC/C(=C\c1ccccc1)C(=O)NCc1ncc2ccccn12. The molecule has 0 fully saturated rings. The molecular formula is C19H19N3O. The maximum atomic E-state index is 12.4. The van der Waals surface area contributed by atoms with Gasteiger partial charge in [0.05, 0.1) is 18.3 Å². The van der Waals surface area contributed by atoms with Gasteiger partial charge in [-0.3, -0.25) is 4.79 Å². The van der Waals surface area contributed by atoms with Crippen molar-refractivity contribution in [3.63, 3.8) is 0 Å². The number of amides is 1. The van der Waals surface area contributed by atoms with Crippen molar-refractivity contribution >= 4 is 17.5 Å². The fourth-order valence-corrected chi connectivity index (χ4v) is 2.48. The summed E-state index contributed by atoms with van der Waals surface area (Å²) in [5.74, 6) is 0.771. The number of benzene rings is 1. The lowest BCUT2D eigenvalue weighted by molar-refractivity contribution is -0.117. The van der Waals surface area contributed by atoms with Crippen LogP contribution in [0.4, 0.5) is 0 Å². The minimum atomic E-state index is -0.0518. The average molecular weight is 305 g/mol. The summed E-state index contributed by atoms with van der Waals surface area (Å²) < 4.78 is 1.98. The van der Waals surface area contributed by atoms with Crippen LogP contribution in [-0.2, 0) is 11.3 Å². The zero-order valence-corrected chi connectivity index (χ0v) is 13.1. The molecule has 3 aromatic rings. The van der Waals surface area contributed by atoms with Gasteiger partial charge < -0.3 is 9.72 Å². The number of carbonyl (C=O) groups is 1. The maximum absolute atomic E-state index is 12.4. The molecule has 1 N–H and O–H groups in total. The highest BCUT2D eigenvalue weighted by Gasteiger charge is 2.09. The number of aromatic nitrogens is 2. The quantitative estimate of drug-likeness (QED) is 0.734. The molecule has 1 amide bonds. The molecule has 2 heterocycles. The van der Waals surface area contributed by atoms with Crippen LogP contribution in [0.25, 0.3) is 11.6 Å². The van der Waals surface area contributed by atoms with Crippen LogP contribution in [0.1, 0.15) is 24.7 Å². The normalized spacial score (nSPS) is 11.6. The van der Waals surface area contributed by atoms with Crippen molar-refractivity contribution in [1.29, 1.82) is 0 Å². The minimum absolute atomic E-state index is 0.0518. The highest BCUT2D eigenvalue weighted by Crippen LogP contribution is 2.11. The summed E-state index contributed by atoms with van der Waals surface area (Å²) in [5.41, 5.74) is 2.81. The molecule has 1 aromatic carbocycles. The standard InChI is InChI=1S/C19H19N3O/c1-2-16(12-15-8-4-3-5-9-15)19(23)21-14-18-20-13-17-10-6-7-11-22(17)18/h3-13H,2,14H2,1H3,(H,21,23)/b16-12+. The first-order valence-corrected chi connectivity index (χ1v) is 7.72. The molecule has 2 aromatic heterocycles. The first-order valence-electron chi connectivity index (χ1n) is 7.72. The molecule has 0 atom stereocenters. The molecule has 4 heteroatoms.